The van der Waals surface area contributed by atoms with Gasteiger partial charge in [-0.15, -0.1) is 0 Å². The van der Waals surface area contributed by atoms with Gasteiger partial charge >= 0.3 is 0 Å². The third kappa shape index (κ3) is 2.00. The molecule has 2 aliphatic heterocycles. The van der Waals surface area contributed by atoms with Crippen molar-refractivity contribution in [2.24, 2.45) is 10.9 Å². The molecule has 0 radical (unpaired) electrons. The summed E-state index contributed by atoms with van der Waals surface area (Å²) in [4.78, 5) is 17.2. The number of nitrogens with one attached hydrogen (secondary N) is 2. The van der Waals surface area contributed by atoms with Gasteiger partial charge in [0.25, 0.3) is 0 Å². The quantitative estimate of drug-likeness (QED) is 0.842. The van der Waals surface area contributed by atoms with Gasteiger partial charge < -0.3 is 10.6 Å². The monoisotopic (exact) mass is 277 g/mol. The molecule has 2 atom stereocenters. The van der Waals surface area contributed by atoms with Gasteiger partial charge in [0.2, 0.25) is 5.91 Å². The molecule has 0 fully saturated rings. The van der Waals surface area contributed by atoms with E-state index in [1.54, 1.807) is 0 Å². The second kappa shape index (κ2) is 4.74. The van der Waals surface area contributed by atoms with E-state index in [9.17, 15) is 4.79 Å². The van der Waals surface area contributed by atoms with Crippen LogP contribution in [0.1, 0.15) is 11.5 Å². The van der Waals surface area contributed by atoms with Crippen LogP contribution >= 0.6 is 0 Å². The lowest BCUT2D eigenvalue weighted by molar-refractivity contribution is -0.118. The second-order valence-electron chi connectivity index (χ2n) is 5.38. The summed E-state index contributed by atoms with van der Waals surface area (Å²) < 4.78 is 0. The molecule has 4 heteroatoms. The highest BCUT2D eigenvalue weighted by Crippen LogP contribution is 2.36. The first kappa shape index (κ1) is 12.1. The normalized spacial score (nSPS) is 23.2. The van der Waals surface area contributed by atoms with E-state index >= 15 is 0 Å². The molecule has 0 spiro atoms. The number of carbonyl (C=O) groups is 1. The van der Waals surface area contributed by atoms with Crippen LogP contribution in [0.25, 0.3) is 0 Å². The number of amidine groups is 1. The second-order valence-corrected chi connectivity index (χ2v) is 5.38. The first-order valence-corrected chi connectivity index (χ1v) is 7.09. The number of carbonyl (C=O) groups excluding carboxylic acids is 1. The third-order valence-electron chi connectivity index (χ3n) is 4.11. The van der Waals surface area contributed by atoms with Crippen LogP contribution in [-0.4, -0.2) is 18.3 Å². The van der Waals surface area contributed by atoms with Crippen molar-refractivity contribution < 1.29 is 4.79 Å². The number of benzene rings is 2. The van der Waals surface area contributed by atoms with Gasteiger partial charge in [-0.2, -0.15) is 0 Å². The van der Waals surface area contributed by atoms with E-state index in [1.807, 2.05) is 42.5 Å². The molecule has 0 bridgehead atoms. The maximum atomic E-state index is 12.6. The summed E-state index contributed by atoms with van der Waals surface area (Å²) >= 11 is 0. The fourth-order valence-corrected chi connectivity index (χ4v) is 3.06. The summed E-state index contributed by atoms with van der Waals surface area (Å²) in [6.07, 6.45) is 0. The molecule has 0 unspecified atom stereocenters. The minimum absolute atomic E-state index is 0.0116. The molecule has 0 aromatic heterocycles. The van der Waals surface area contributed by atoms with E-state index in [-0.39, 0.29) is 17.7 Å². The van der Waals surface area contributed by atoms with E-state index in [0.29, 0.717) is 6.54 Å². The van der Waals surface area contributed by atoms with Crippen molar-refractivity contribution in [3.63, 3.8) is 0 Å². The van der Waals surface area contributed by atoms with Gasteiger partial charge in [-0.3, -0.25) is 9.79 Å². The standard InChI is InChI=1S/C17H15N3O/c21-17-15-12(11-6-2-1-3-7-11)10-18-16(15)19-13-8-4-5-9-14(13)20-17/h1-9,12,15H,10H2,(H,18,19)(H,20,21)/t12-,15-/m1/s1. The van der Waals surface area contributed by atoms with Gasteiger partial charge in [0, 0.05) is 12.5 Å². The minimum atomic E-state index is -0.250. The van der Waals surface area contributed by atoms with Crippen LogP contribution in [0.3, 0.4) is 0 Å². The third-order valence-corrected chi connectivity index (χ3v) is 4.11. The lowest BCUT2D eigenvalue weighted by atomic mass is 9.87. The van der Waals surface area contributed by atoms with Crippen molar-refractivity contribution in [1.82, 2.24) is 0 Å². The van der Waals surface area contributed by atoms with Crippen LogP contribution < -0.4 is 10.6 Å². The summed E-state index contributed by atoms with van der Waals surface area (Å²) in [5.74, 6) is 0.631. The maximum absolute atomic E-state index is 12.6. The van der Waals surface area contributed by atoms with Crippen LogP contribution in [0, 0.1) is 5.92 Å². The molecule has 0 saturated heterocycles. The Morgan fingerprint density at radius 2 is 1.57 bits per heavy atom. The SMILES string of the molecule is O=C1Nc2ccccc2NC2=NC[C@H](c3ccccc3)[C@@H]12. The highest BCUT2D eigenvalue weighted by molar-refractivity contribution is 6.19. The van der Waals surface area contributed by atoms with Crippen LogP contribution in [0.5, 0.6) is 0 Å². The zero-order valence-corrected chi connectivity index (χ0v) is 11.4. The Hall–Kier alpha value is -2.62. The lowest BCUT2D eigenvalue weighted by Gasteiger charge is -2.18. The number of fused-ring (bicyclic) bond motifs is 2. The zero-order valence-electron chi connectivity index (χ0n) is 11.4. The number of hydrogen-bond donors (Lipinski definition) is 2. The van der Waals surface area contributed by atoms with E-state index in [4.69, 9.17) is 0 Å². The summed E-state index contributed by atoms with van der Waals surface area (Å²) in [5, 5.41) is 6.33. The van der Waals surface area contributed by atoms with Crippen molar-refractivity contribution in [2.45, 2.75) is 5.92 Å². The van der Waals surface area contributed by atoms with Crippen molar-refractivity contribution in [3.05, 3.63) is 60.2 Å². The predicted molar refractivity (Wildman–Crippen MR) is 83.7 cm³/mol. The Balaban J connectivity index is 1.72. The summed E-state index contributed by atoms with van der Waals surface area (Å²) in [6, 6.07) is 17.8. The summed E-state index contributed by atoms with van der Waals surface area (Å²) in [7, 11) is 0. The Morgan fingerprint density at radius 3 is 2.33 bits per heavy atom. The first-order chi connectivity index (χ1) is 10.3. The minimum Gasteiger partial charge on any atom is -0.342 e. The van der Waals surface area contributed by atoms with Crippen LogP contribution in [0.2, 0.25) is 0 Å². The van der Waals surface area contributed by atoms with E-state index in [2.05, 4.69) is 27.8 Å². The van der Waals surface area contributed by atoms with E-state index < -0.39 is 0 Å². The number of hydrogen-bond acceptors (Lipinski definition) is 3. The molecular formula is C17H15N3O. The molecule has 0 aliphatic carbocycles. The first-order valence-electron chi connectivity index (χ1n) is 7.09. The molecular weight excluding hydrogens is 262 g/mol. The largest absolute Gasteiger partial charge is 0.342 e. The van der Waals surface area contributed by atoms with Crippen LogP contribution in [-0.2, 0) is 4.79 Å². The number of rotatable bonds is 1. The Labute approximate surface area is 122 Å². The highest BCUT2D eigenvalue weighted by Gasteiger charge is 2.40. The molecule has 2 aromatic carbocycles. The topological polar surface area (TPSA) is 53.5 Å². The highest BCUT2D eigenvalue weighted by atomic mass is 16.2. The molecule has 2 N–H and O–H groups in total. The number of anilines is 2. The summed E-state index contributed by atoms with van der Waals surface area (Å²) in [5.41, 5.74) is 2.87. The van der Waals surface area contributed by atoms with Gasteiger partial charge in [0.15, 0.2) is 0 Å². The number of para-hydroxylation sites is 2. The molecule has 1 amide bonds. The average molecular weight is 277 g/mol. The lowest BCUT2D eigenvalue weighted by Crippen LogP contribution is -2.32. The average Bonchev–Trinajstić information content (AvgIpc) is 2.88. The van der Waals surface area contributed by atoms with Gasteiger partial charge in [0.05, 0.1) is 11.4 Å². The molecule has 4 rings (SSSR count). The van der Waals surface area contributed by atoms with Crippen molar-refractivity contribution >= 4 is 23.1 Å². The summed E-state index contributed by atoms with van der Waals surface area (Å²) in [6.45, 7) is 0.645. The zero-order chi connectivity index (χ0) is 14.2. The van der Waals surface area contributed by atoms with E-state index in [0.717, 1.165) is 22.8 Å². The smallest absolute Gasteiger partial charge is 0.235 e. The number of aliphatic imine (C=N–C) groups is 1. The predicted octanol–water partition coefficient (Wildman–Crippen LogP) is 2.86. The molecule has 2 aliphatic rings. The number of nitrogens with zero attached hydrogens (tertiary/aromatic N) is 1. The molecule has 21 heavy (non-hydrogen) atoms. The molecule has 2 aromatic rings. The molecule has 104 valence electrons. The maximum Gasteiger partial charge on any atom is 0.235 e. The van der Waals surface area contributed by atoms with Gasteiger partial charge in [-0.1, -0.05) is 42.5 Å². The fraction of sp³-hybridized carbons (Fsp3) is 0.176. The Bertz CT molecular complexity index is 724. The van der Waals surface area contributed by atoms with E-state index in [1.165, 1.54) is 0 Å². The Morgan fingerprint density at radius 1 is 0.905 bits per heavy atom. The Kier molecular flexibility index (Phi) is 2.74. The molecule has 0 saturated carbocycles. The van der Waals surface area contributed by atoms with Gasteiger partial charge in [-0.25, -0.2) is 0 Å². The van der Waals surface area contributed by atoms with Crippen LogP contribution in [0.4, 0.5) is 11.4 Å². The fourth-order valence-electron chi connectivity index (χ4n) is 3.06. The van der Waals surface area contributed by atoms with Crippen molar-refractivity contribution in [2.75, 3.05) is 17.2 Å². The van der Waals surface area contributed by atoms with Crippen molar-refractivity contribution in [3.8, 4) is 0 Å². The number of amides is 1. The van der Waals surface area contributed by atoms with Crippen LogP contribution in [0.15, 0.2) is 59.6 Å². The van der Waals surface area contributed by atoms with Crippen molar-refractivity contribution in [1.29, 1.82) is 0 Å². The molecule has 4 nitrogen and oxygen atoms in total. The van der Waals surface area contributed by atoms with Gasteiger partial charge in [-0.05, 0) is 17.7 Å². The molecule has 2 heterocycles. The van der Waals surface area contributed by atoms with Gasteiger partial charge in [0.1, 0.15) is 11.8 Å².